The van der Waals surface area contributed by atoms with Gasteiger partial charge in [0.1, 0.15) is 13.2 Å². The van der Waals surface area contributed by atoms with E-state index in [-0.39, 0.29) is 32.2 Å². The van der Waals surface area contributed by atoms with E-state index in [4.69, 9.17) is 18.9 Å². The van der Waals surface area contributed by atoms with Crippen LogP contribution >= 0.6 is 0 Å². The van der Waals surface area contributed by atoms with E-state index in [1.165, 1.54) is 231 Å². The van der Waals surface area contributed by atoms with Gasteiger partial charge in [0.25, 0.3) is 0 Å². The molecule has 0 heterocycles. The lowest BCUT2D eigenvalue weighted by Gasteiger charge is -2.26. The van der Waals surface area contributed by atoms with Crippen LogP contribution in [0.2, 0.25) is 0 Å². The van der Waals surface area contributed by atoms with E-state index in [2.05, 4.69) is 123 Å². The summed E-state index contributed by atoms with van der Waals surface area (Å²) < 4.78 is 22.9. The van der Waals surface area contributed by atoms with Gasteiger partial charge >= 0.3 is 11.9 Å². The minimum Gasteiger partial charge on any atom is -0.545 e. The molecule has 0 bridgehead atoms. The maximum absolute atomic E-state index is 13.0. The highest BCUT2D eigenvalue weighted by atomic mass is 16.7. The van der Waals surface area contributed by atoms with Crippen LogP contribution in [0.3, 0.4) is 0 Å². The van der Waals surface area contributed by atoms with Gasteiger partial charge in [0.15, 0.2) is 12.4 Å². The highest BCUT2D eigenvalue weighted by Crippen LogP contribution is 2.19. The average molecular weight is 1330 g/mol. The summed E-state index contributed by atoms with van der Waals surface area (Å²) in [5.41, 5.74) is 0. The summed E-state index contributed by atoms with van der Waals surface area (Å²) in [6, 6.07) is 0. The van der Waals surface area contributed by atoms with Crippen molar-refractivity contribution in [1.29, 1.82) is 0 Å². The maximum atomic E-state index is 13.0. The first-order valence-electron chi connectivity index (χ1n) is 40.0. The SMILES string of the molecule is CC/C=C\C/C=C\C/C=C\C/C=C\C/C=C\C/C=C\C/C=C\C/C=C\C/C=C\CCCCCCCCCCCCCCCC(=O)OC(COC(=O)CCCCCCCCCCCCCCCCCCCCCCCCCCCCCCC)COC(OCC[N+](C)(C)C)C(=O)[O-]. The van der Waals surface area contributed by atoms with Gasteiger partial charge in [0.2, 0.25) is 0 Å². The van der Waals surface area contributed by atoms with Crippen molar-refractivity contribution >= 4 is 17.9 Å². The number of hydrogen-bond acceptors (Lipinski definition) is 8. The second-order valence-corrected chi connectivity index (χ2v) is 28.0. The first-order valence-corrected chi connectivity index (χ1v) is 40.0. The van der Waals surface area contributed by atoms with Crippen LogP contribution in [0, 0.1) is 0 Å². The zero-order valence-electron chi connectivity index (χ0n) is 62.8. The summed E-state index contributed by atoms with van der Waals surface area (Å²) >= 11 is 0. The van der Waals surface area contributed by atoms with E-state index >= 15 is 0 Å². The van der Waals surface area contributed by atoms with Crippen molar-refractivity contribution in [3.05, 3.63) is 109 Å². The maximum Gasteiger partial charge on any atom is 0.306 e. The van der Waals surface area contributed by atoms with Crippen molar-refractivity contribution in [1.82, 2.24) is 0 Å². The van der Waals surface area contributed by atoms with E-state index in [9.17, 15) is 19.5 Å². The summed E-state index contributed by atoms with van der Waals surface area (Å²) in [6.45, 7) is 4.68. The first kappa shape index (κ1) is 91.0. The van der Waals surface area contributed by atoms with E-state index in [0.29, 0.717) is 23.9 Å². The Labute approximate surface area is 587 Å². The van der Waals surface area contributed by atoms with Crippen molar-refractivity contribution in [2.75, 3.05) is 47.5 Å². The van der Waals surface area contributed by atoms with Gasteiger partial charge < -0.3 is 33.3 Å². The predicted molar refractivity (Wildman–Crippen MR) is 407 cm³/mol. The lowest BCUT2D eigenvalue weighted by Crippen LogP contribution is -2.44. The minimum atomic E-state index is -1.63. The number of carboxylic acids is 1. The molecular formula is C86H151NO8. The second-order valence-electron chi connectivity index (χ2n) is 28.0. The topological polar surface area (TPSA) is 111 Å². The minimum absolute atomic E-state index is 0.146. The van der Waals surface area contributed by atoms with E-state index in [0.717, 1.165) is 96.3 Å². The second kappa shape index (κ2) is 75.7. The lowest BCUT2D eigenvalue weighted by molar-refractivity contribution is -0.870. The Hall–Kier alpha value is -4.05. The highest BCUT2D eigenvalue weighted by molar-refractivity contribution is 5.70. The molecule has 0 aliphatic carbocycles. The number of unbranched alkanes of at least 4 members (excludes halogenated alkanes) is 41. The van der Waals surface area contributed by atoms with Gasteiger partial charge in [-0.2, -0.15) is 0 Å². The zero-order valence-corrected chi connectivity index (χ0v) is 62.8. The number of aliphatic carboxylic acids is 1. The Balaban J connectivity index is 4.04. The third kappa shape index (κ3) is 77.2. The predicted octanol–water partition coefficient (Wildman–Crippen LogP) is 24.4. The van der Waals surface area contributed by atoms with Crippen molar-refractivity contribution in [3.63, 3.8) is 0 Å². The fraction of sp³-hybridized carbons (Fsp3) is 0.756. The molecule has 9 heteroatoms. The third-order valence-electron chi connectivity index (χ3n) is 17.5. The van der Waals surface area contributed by atoms with Crippen LogP contribution in [0.1, 0.15) is 361 Å². The molecule has 0 aliphatic heterocycles. The first-order chi connectivity index (χ1) is 46.6. The van der Waals surface area contributed by atoms with Crippen LogP contribution in [-0.2, 0) is 33.3 Å². The van der Waals surface area contributed by atoms with Gasteiger partial charge in [-0.3, -0.25) is 9.59 Å². The number of carboxylic acid groups (broad SMARTS) is 1. The molecule has 0 N–H and O–H groups in total. The number of quaternary nitrogens is 1. The van der Waals surface area contributed by atoms with Crippen LogP contribution in [-0.4, -0.2) is 82.3 Å². The molecule has 0 aromatic rings. The van der Waals surface area contributed by atoms with Gasteiger partial charge in [0, 0.05) is 12.8 Å². The molecular weight excluding hydrogens is 1170 g/mol. The molecule has 0 spiro atoms. The van der Waals surface area contributed by atoms with Crippen molar-refractivity contribution < 1.29 is 42.9 Å². The summed E-state index contributed by atoms with van der Waals surface area (Å²) in [5, 5.41) is 11.9. The number of likely N-dealkylation sites (N-methyl/N-ethyl adjacent to an activating group) is 1. The van der Waals surface area contributed by atoms with Crippen LogP contribution in [0.25, 0.3) is 0 Å². The molecule has 0 saturated carbocycles. The number of allylic oxidation sites excluding steroid dienone is 18. The largest absolute Gasteiger partial charge is 0.545 e. The van der Waals surface area contributed by atoms with Crippen molar-refractivity contribution in [3.8, 4) is 0 Å². The molecule has 0 saturated heterocycles. The van der Waals surface area contributed by atoms with Gasteiger partial charge in [-0.25, -0.2) is 0 Å². The Morgan fingerprint density at radius 1 is 0.326 bits per heavy atom. The number of rotatable bonds is 74. The van der Waals surface area contributed by atoms with Crippen LogP contribution in [0.4, 0.5) is 0 Å². The number of esters is 2. The Morgan fingerprint density at radius 2 is 0.600 bits per heavy atom. The molecule has 2 atom stereocenters. The summed E-state index contributed by atoms with van der Waals surface area (Å²) in [7, 11) is 5.94. The third-order valence-corrected chi connectivity index (χ3v) is 17.5. The van der Waals surface area contributed by atoms with E-state index < -0.39 is 24.3 Å². The Bertz CT molecular complexity index is 1930. The molecule has 0 aromatic heterocycles. The Morgan fingerprint density at radius 3 is 0.895 bits per heavy atom. The molecule has 0 radical (unpaired) electrons. The molecule has 0 aliphatic rings. The average Bonchev–Trinajstić information content (AvgIpc) is 3.54. The summed E-state index contributed by atoms with van der Waals surface area (Å²) in [6.07, 6.45) is 103. The number of ether oxygens (including phenoxy) is 4. The van der Waals surface area contributed by atoms with Crippen molar-refractivity contribution in [2.24, 2.45) is 0 Å². The van der Waals surface area contributed by atoms with Gasteiger partial charge in [-0.1, -0.05) is 374 Å². The van der Waals surface area contributed by atoms with Crippen LogP contribution in [0.5, 0.6) is 0 Å². The monoisotopic (exact) mass is 1330 g/mol. The fourth-order valence-electron chi connectivity index (χ4n) is 11.5. The van der Waals surface area contributed by atoms with Crippen molar-refractivity contribution in [2.45, 2.75) is 373 Å². The van der Waals surface area contributed by atoms with E-state index in [1.807, 2.05) is 21.1 Å². The molecule has 0 aromatic carbocycles. The number of carbonyl (C=O) groups excluding carboxylic acids is 3. The number of nitrogens with zero attached hydrogens (tertiary/aromatic N) is 1. The molecule has 9 nitrogen and oxygen atoms in total. The molecule has 0 amide bonds. The molecule has 0 fully saturated rings. The lowest BCUT2D eigenvalue weighted by atomic mass is 10.0. The van der Waals surface area contributed by atoms with Gasteiger partial charge in [-0.15, -0.1) is 0 Å². The normalized spacial score (nSPS) is 13.2. The highest BCUT2D eigenvalue weighted by Gasteiger charge is 2.22. The van der Waals surface area contributed by atoms with Crippen LogP contribution < -0.4 is 5.11 Å². The Kier molecular flexibility index (Phi) is 72.5. The molecule has 548 valence electrons. The van der Waals surface area contributed by atoms with Crippen LogP contribution in [0.15, 0.2) is 109 Å². The van der Waals surface area contributed by atoms with Gasteiger partial charge in [0.05, 0.1) is 40.3 Å². The summed E-state index contributed by atoms with van der Waals surface area (Å²) in [5.74, 6) is -2.27. The molecule has 95 heavy (non-hydrogen) atoms. The smallest absolute Gasteiger partial charge is 0.306 e. The molecule has 0 rings (SSSR count). The fourth-order valence-corrected chi connectivity index (χ4v) is 11.5. The number of carbonyl (C=O) groups is 3. The standard InChI is InChI=1S/C86H151NO8/c1-6-8-10-12-14-16-18-20-22-24-26-28-30-32-34-36-37-38-39-40-41-42-43-44-45-46-47-49-51-53-55-57-59-61-63-65-67-69-71-73-75-77-84(89)95-82(81-94-86(85(90)91)92-79-78-87(3,4)5)80-93-83(88)76-74-72-70-68-66-64-62-60-58-56-54-52-50-48-35-33-31-29-27-25-23-21-19-17-15-13-11-9-7-2/h8,10,14,16,20,22,26,28,32,34,37-38,40-41,43-44,46-47,82,86H,6-7,9,11-13,15,17-19,21,23-25,27,29-31,33,35-36,39,42,45,48-81H2,1-5H3/b10-8-,16-14-,22-20-,28-26-,34-32-,38-37-,41-40-,44-43-,47-46-. The van der Waals surface area contributed by atoms with E-state index in [1.54, 1.807) is 0 Å². The number of hydrogen-bond donors (Lipinski definition) is 0. The molecule has 2 unspecified atom stereocenters. The summed E-state index contributed by atoms with van der Waals surface area (Å²) in [4.78, 5) is 37.6. The van der Waals surface area contributed by atoms with Gasteiger partial charge in [-0.05, 0) is 83.5 Å². The quantitative estimate of drug-likeness (QED) is 0.0195. The zero-order chi connectivity index (χ0) is 69.0.